The molecule has 1 N–H and O–H groups in total. The molecule has 1 atom stereocenters. The Morgan fingerprint density at radius 2 is 1.87 bits per heavy atom. The average molecular weight is 326 g/mol. The van der Waals surface area contributed by atoms with Gasteiger partial charge in [0.15, 0.2) is 0 Å². The molecule has 1 amide bonds. The van der Waals surface area contributed by atoms with E-state index in [-0.39, 0.29) is 11.5 Å². The third kappa shape index (κ3) is 3.19. The number of rotatable bonds is 4. The van der Waals surface area contributed by atoms with Gasteiger partial charge in [-0.15, -0.1) is 0 Å². The van der Waals surface area contributed by atoms with Crippen molar-refractivity contribution in [3.8, 4) is 0 Å². The normalized spacial score (nSPS) is 12.3. The minimum atomic E-state index is -0.523. The van der Waals surface area contributed by atoms with Crippen LogP contribution < -0.4 is 10.9 Å². The summed E-state index contributed by atoms with van der Waals surface area (Å²) in [6.07, 6.45) is 0. The summed E-state index contributed by atoms with van der Waals surface area (Å²) in [6.45, 7) is 4.24. The van der Waals surface area contributed by atoms with Crippen LogP contribution in [-0.2, 0) is 11.3 Å². The van der Waals surface area contributed by atoms with E-state index in [4.69, 9.17) is 0 Å². The number of hydrogen-bond donors (Lipinski definition) is 1. The smallest absolute Gasteiger partial charge is 0.269 e. The molecule has 1 heterocycles. The number of carbonyl (C=O) groups excluding carboxylic acids is 1. The highest BCUT2D eigenvalue weighted by atomic mass is 32.1. The van der Waals surface area contributed by atoms with Crippen LogP contribution in [0.5, 0.6) is 0 Å². The maximum atomic E-state index is 12.4. The Bertz CT molecular complexity index is 893. The molecule has 2 aromatic carbocycles. The van der Waals surface area contributed by atoms with E-state index < -0.39 is 6.04 Å². The number of benzene rings is 2. The van der Waals surface area contributed by atoms with E-state index in [2.05, 4.69) is 5.32 Å². The van der Waals surface area contributed by atoms with E-state index in [0.717, 1.165) is 10.3 Å². The molecule has 0 aliphatic carbocycles. The fourth-order valence-electron chi connectivity index (χ4n) is 2.39. The van der Waals surface area contributed by atoms with Crippen LogP contribution in [0.2, 0.25) is 0 Å². The fourth-order valence-corrected chi connectivity index (χ4v) is 3.43. The molecule has 0 radical (unpaired) electrons. The van der Waals surface area contributed by atoms with Crippen LogP contribution in [-0.4, -0.2) is 9.86 Å². The predicted molar refractivity (Wildman–Crippen MR) is 93.8 cm³/mol. The van der Waals surface area contributed by atoms with Crippen LogP contribution >= 0.6 is 11.5 Å². The number of amides is 1. The lowest BCUT2D eigenvalue weighted by molar-refractivity contribution is -0.123. The van der Waals surface area contributed by atoms with Crippen molar-refractivity contribution >= 4 is 27.5 Å². The topological polar surface area (TPSA) is 51.1 Å². The van der Waals surface area contributed by atoms with Gasteiger partial charge in [-0.2, -0.15) is 0 Å². The van der Waals surface area contributed by atoms with Gasteiger partial charge in [0.2, 0.25) is 5.91 Å². The lowest BCUT2D eigenvalue weighted by atomic mass is 10.1. The molecule has 0 saturated heterocycles. The van der Waals surface area contributed by atoms with Crippen LogP contribution in [0.1, 0.15) is 24.1 Å². The zero-order chi connectivity index (χ0) is 16.4. The first-order valence-corrected chi connectivity index (χ1v) is 8.27. The predicted octanol–water partition coefficient (Wildman–Crippen LogP) is 3.25. The van der Waals surface area contributed by atoms with Crippen LogP contribution in [0.4, 0.5) is 0 Å². The van der Waals surface area contributed by atoms with Crippen LogP contribution in [0, 0.1) is 6.92 Å². The Kier molecular flexibility index (Phi) is 4.30. The van der Waals surface area contributed by atoms with E-state index >= 15 is 0 Å². The van der Waals surface area contributed by atoms with Gasteiger partial charge in [-0.05, 0) is 31.5 Å². The van der Waals surface area contributed by atoms with E-state index in [1.165, 1.54) is 21.1 Å². The van der Waals surface area contributed by atoms with Gasteiger partial charge >= 0.3 is 0 Å². The second kappa shape index (κ2) is 6.38. The Morgan fingerprint density at radius 1 is 1.17 bits per heavy atom. The Balaban J connectivity index is 1.74. The largest absolute Gasteiger partial charge is 0.350 e. The highest BCUT2D eigenvalue weighted by Crippen LogP contribution is 2.19. The van der Waals surface area contributed by atoms with Crippen LogP contribution in [0.15, 0.2) is 53.3 Å². The van der Waals surface area contributed by atoms with Gasteiger partial charge in [-0.1, -0.05) is 53.5 Å². The lowest BCUT2D eigenvalue weighted by Crippen LogP contribution is -2.33. The summed E-state index contributed by atoms with van der Waals surface area (Å²) < 4.78 is 2.44. The van der Waals surface area contributed by atoms with Crippen molar-refractivity contribution in [2.75, 3.05) is 0 Å². The molecule has 0 saturated carbocycles. The average Bonchev–Trinajstić information content (AvgIpc) is 2.90. The molecule has 0 fully saturated rings. The minimum Gasteiger partial charge on any atom is -0.350 e. The van der Waals surface area contributed by atoms with Crippen molar-refractivity contribution < 1.29 is 4.79 Å². The van der Waals surface area contributed by atoms with Gasteiger partial charge in [-0.25, -0.2) is 0 Å². The molecule has 3 rings (SSSR count). The Hall–Kier alpha value is -2.40. The summed E-state index contributed by atoms with van der Waals surface area (Å²) in [7, 11) is 0. The molecule has 0 aliphatic heterocycles. The molecular formula is C18H18N2O2S. The number of fused-ring (bicyclic) bond motifs is 1. The molecule has 4 nitrogen and oxygen atoms in total. The first kappa shape index (κ1) is 15.5. The molecule has 0 spiro atoms. The molecule has 0 bridgehead atoms. The van der Waals surface area contributed by atoms with Gasteiger partial charge in [0.25, 0.3) is 5.56 Å². The Labute approximate surface area is 138 Å². The summed E-state index contributed by atoms with van der Waals surface area (Å²) in [5, 5.41) is 3.56. The molecular weight excluding hydrogens is 308 g/mol. The summed E-state index contributed by atoms with van der Waals surface area (Å²) >= 11 is 1.33. The molecule has 1 aromatic heterocycles. The molecule has 23 heavy (non-hydrogen) atoms. The third-order valence-corrected chi connectivity index (χ3v) is 5.06. The second-order valence-electron chi connectivity index (χ2n) is 5.60. The second-order valence-corrected chi connectivity index (χ2v) is 6.61. The number of nitrogens with zero attached hydrogens (tertiary/aromatic N) is 1. The third-order valence-electron chi connectivity index (χ3n) is 3.83. The monoisotopic (exact) mass is 326 g/mol. The number of aryl methyl sites for hydroxylation is 1. The number of nitrogens with one attached hydrogen (secondary N) is 1. The van der Waals surface area contributed by atoms with Crippen molar-refractivity contribution in [2.45, 2.75) is 26.4 Å². The minimum absolute atomic E-state index is 0.108. The fraction of sp³-hybridized carbons (Fsp3) is 0.222. The molecule has 118 valence electrons. The first-order chi connectivity index (χ1) is 11.1. The van der Waals surface area contributed by atoms with E-state index in [1.54, 1.807) is 13.0 Å². The van der Waals surface area contributed by atoms with Crippen molar-refractivity contribution in [3.63, 3.8) is 0 Å². The van der Waals surface area contributed by atoms with Gasteiger partial charge in [0.05, 0.1) is 10.1 Å². The summed E-state index contributed by atoms with van der Waals surface area (Å²) in [6, 6.07) is 14.9. The number of aromatic nitrogens is 1. The first-order valence-electron chi connectivity index (χ1n) is 7.50. The standard InChI is InChI=1S/C18H18N2O2S/c1-12-7-9-14(10-8-12)11-19-17(21)13(2)20-18(22)15-5-3-4-6-16(15)23-20/h3-10,13H,11H2,1-2H3,(H,19,21)/t13-/m1/s1. The quantitative estimate of drug-likeness (QED) is 0.800. The van der Waals surface area contributed by atoms with Crippen molar-refractivity contribution in [1.29, 1.82) is 0 Å². The van der Waals surface area contributed by atoms with E-state index in [9.17, 15) is 9.59 Å². The Morgan fingerprint density at radius 3 is 2.57 bits per heavy atom. The molecule has 3 aromatic rings. The molecule has 0 aliphatic rings. The summed E-state index contributed by atoms with van der Waals surface area (Å²) in [5.41, 5.74) is 2.12. The SMILES string of the molecule is Cc1ccc(CNC(=O)[C@@H](C)n2sc3ccccc3c2=O)cc1. The van der Waals surface area contributed by atoms with Crippen LogP contribution in [0.3, 0.4) is 0 Å². The summed E-state index contributed by atoms with van der Waals surface area (Å²) in [5.74, 6) is -0.153. The van der Waals surface area contributed by atoms with Crippen molar-refractivity contribution in [1.82, 2.24) is 9.27 Å². The van der Waals surface area contributed by atoms with Gasteiger partial charge in [0, 0.05) is 6.54 Å². The van der Waals surface area contributed by atoms with Crippen LogP contribution in [0.25, 0.3) is 10.1 Å². The van der Waals surface area contributed by atoms with Gasteiger partial charge < -0.3 is 5.32 Å². The van der Waals surface area contributed by atoms with E-state index in [1.807, 2.05) is 49.4 Å². The summed E-state index contributed by atoms with van der Waals surface area (Å²) in [4.78, 5) is 24.7. The van der Waals surface area contributed by atoms with Crippen molar-refractivity contribution in [2.24, 2.45) is 0 Å². The molecule has 0 unspecified atom stereocenters. The van der Waals surface area contributed by atoms with Gasteiger partial charge in [-0.3, -0.25) is 13.5 Å². The van der Waals surface area contributed by atoms with E-state index in [0.29, 0.717) is 11.9 Å². The molecule has 5 heteroatoms. The number of hydrogen-bond acceptors (Lipinski definition) is 3. The lowest BCUT2D eigenvalue weighted by Gasteiger charge is -2.12. The number of carbonyl (C=O) groups is 1. The zero-order valence-corrected chi connectivity index (χ0v) is 13.9. The maximum absolute atomic E-state index is 12.4. The highest BCUT2D eigenvalue weighted by Gasteiger charge is 2.19. The van der Waals surface area contributed by atoms with Gasteiger partial charge in [0.1, 0.15) is 6.04 Å². The highest BCUT2D eigenvalue weighted by molar-refractivity contribution is 7.14. The maximum Gasteiger partial charge on any atom is 0.269 e. The zero-order valence-electron chi connectivity index (χ0n) is 13.1. The van der Waals surface area contributed by atoms with Crippen molar-refractivity contribution in [3.05, 3.63) is 70.0 Å².